The molecule has 0 rings (SSSR count). The van der Waals surface area contributed by atoms with Gasteiger partial charge in [0.15, 0.2) is 11.6 Å². The van der Waals surface area contributed by atoms with Crippen LogP contribution in [0.2, 0.25) is 0 Å². The van der Waals surface area contributed by atoms with Crippen LogP contribution in [0.1, 0.15) is 67.2 Å². The molecule has 2 atom stereocenters. The Labute approximate surface area is 155 Å². The quantitative estimate of drug-likeness (QED) is 0.414. The second-order valence-electron chi connectivity index (χ2n) is 8.54. The lowest BCUT2D eigenvalue weighted by molar-refractivity contribution is -0.134. The van der Waals surface area contributed by atoms with Gasteiger partial charge in [-0.15, -0.1) is 0 Å². The Morgan fingerprint density at radius 2 is 1.38 bits per heavy atom. The van der Waals surface area contributed by atoms with Crippen LogP contribution in [0.3, 0.4) is 0 Å². The predicted molar refractivity (Wildman–Crippen MR) is 99.6 cm³/mol. The van der Waals surface area contributed by atoms with Gasteiger partial charge in [0.05, 0.1) is 0 Å². The molecule has 2 amide bonds. The number of rotatable bonds is 10. The molecule has 0 aromatic heterocycles. The minimum atomic E-state index is -1.08. The molecule has 8 nitrogen and oxygen atoms in total. The summed E-state index contributed by atoms with van der Waals surface area (Å²) in [7, 11) is 0. The zero-order valence-electron chi connectivity index (χ0n) is 16.8. The minimum Gasteiger partial charge on any atom is -0.334 e. The molecule has 0 aliphatic carbocycles. The lowest BCUT2D eigenvalue weighted by Gasteiger charge is -2.27. The molecule has 0 aliphatic rings. The second-order valence-corrected chi connectivity index (χ2v) is 8.54. The van der Waals surface area contributed by atoms with Crippen LogP contribution < -0.4 is 22.1 Å². The summed E-state index contributed by atoms with van der Waals surface area (Å²) in [6.07, 6.45) is -0.841. The number of hydrogen-bond acceptors (Lipinski definition) is 6. The highest BCUT2D eigenvalue weighted by atomic mass is 16.2. The fourth-order valence-electron chi connectivity index (χ4n) is 2.35. The Morgan fingerprint density at radius 1 is 0.885 bits per heavy atom. The van der Waals surface area contributed by atoms with E-state index in [1.54, 1.807) is 13.8 Å². The largest absolute Gasteiger partial charge is 0.334 e. The summed E-state index contributed by atoms with van der Waals surface area (Å²) in [4.78, 5) is 47.2. The van der Waals surface area contributed by atoms with Crippen molar-refractivity contribution in [3.63, 3.8) is 0 Å². The molecule has 0 saturated heterocycles. The van der Waals surface area contributed by atoms with E-state index in [-0.39, 0.29) is 41.6 Å². The van der Waals surface area contributed by atoms with Gasteiger partial charge in [-0.25, -0.2) is 0 Å². The topological polar surface area (TPSA) is 144 Å². The van der Waals surface area contributed by atoms with Crippen molar-refractivity contribution in [1.29, 1.82) is 0 Å². The lowest BCUT2D eigenvalue weighted by atomic mass is 9.81. The van der Waals surface area contributed by atoms with E-state index in [2.05, 4.69) is 10.6 Å². The summed E-state index contributed by atoms with van der Waals surface area (Å²) in [5.74, 6) is -1.24. The third-order valence-corrected chi connectivity index (χ3v) is 3.92. The summed E-state index contributed by atoms with van der Waals surface area (Å²) in [6.45, 7) is 10.5. The molecule has 26 heavy (non-hydrogen) atoms. The third-order valence-electron chi connectivity index (χ3n) is 3.92. The van der Waals surface area contributed by atoms with Crippen molar-refractivity contribution in [2.45, 2.75) is 79.6 Å². The van der Waals surface area contributed by atoms with Crippen LogP contribution in [0.25, 0.3) is 0 Å². The summed E-state index contributed by atoms with van der Waals surface area (Å²) in [5, 5.41) is 4.92. The van der Waals surface area contributed by atoms with E-state index in [9.17, 15) is 19.2 Å². The number of Topliss-reactive ketones (excluding diaryl/α,β-unsaturated/α-hetero) is 2. The smallest absolute Gasteiger partial charge is 0.222 e. The lowest BCUT2D eigenvalue weighted by Crippen LogP contribution is -2.52. The van der Waals surface area contributed by atoms with Crippen molar-refractivity contribution in [1.82, 2.24) is 10.6 Å². The summed E-state index contributed by atoms with van der Waals surface area (Å²) < 4.78 is 0. The maximum atomic E-state index is 12.5. The van der Waals surface area contributed by atoms with Gasteiger partial charge >= 0.3 is 0 Å². The van der Waals surface area contributed by atoms with E-state index >= 15 is 0 Å². The standard InChI is InChI=1S/C18H34N4O4/c1-11(23)15(19)21-12(24)8-7-9-18(5,6)14(26)16(20)22-13(25)10-17(2,3)4/h15-16H,7-10,19-20H2,1-6H3,(H,21,24)(H,22,25)/t15-,16+/m1/s1. The average Bonchev–Trinajstić information content (AvgIpc) is 2.43. The molecule has 8 heteroatoms. The van der Waals surface area contributed by atoms with Gasteiger partial charge in [0.25, 0.3) is 0 Å². The SMILES string of the molecule is CC(=O)[C@H](N)NC(=O)CCCC(C)(C)C(=O)[C@@H](N)NC(=O)CC(C)(C)C. The van der Waals surface area contributed by atoms with Gasteiger partial charge in [-0.05, 0) is 25.2 Å². The first-order valence-corrected chi connectivity index (χ1v) is 8.80. The van der Waals surface area contributed by atoms with Crippen molar-refractivity contribution >= 4 is 23.4 Å². The molecule has 6 N–H and O–H groups in total. The molecule has 0 fully saturated rings. The van der Waals surface area contributed by atoms with E-state index in [0.717, 1.165) is 0 Å². The maximum absolute atomic E-state index is 12.5. The molecule has 0 bridgehead atoms. The van der Waals surface area contributed by atoms with Crippen molar-refractivity contribution in [2.24, 2.45) is 22.3 Å². The number of hydrogen-bond donors (Lipinski definition) is 4. The monoisotopic (exact) mass is 370 g/mol. The van der Waals surface area contributed by atoms with Crippen LogP contribution in [0.4, 0.5) is 0 Å². The van der Waals surface area contributed by atoms with Crippen LogP contribution in [-0.2, 0) is 19.2 Å². The molecular formula is C18H34N4O4. The Kier molecular flexibility index (Phi) is 9.10. The van der Waals surface area contributed by atoms with E-state index in [1.165, 1.54) is 6.92 Å². The summed E-state index contributed by atoms with van der Waals surface area (Å²) >= 11 is 0. The Balaban J connectivity index is 4.48. The predicted octanol–water partition coefficient (Wildman–Crippen LogP) is 0.579. The van der Waals surface area contributed by atoms with Crippen LogP contribution in [-0.4, -0.2) is 35.7 Å². The fourth-order valence-corrected chi connectivity index (χ4v) is 2.35. The van der Waals surface area contributed by atoms with Crippen LogP contribution >= 0.6 is 0 Å². The molecule has 0 aromatic rings. The number of nitrogens with one attached hydrogen (secondary N) is 2. The van der Waals surface area contributed by atoms with Crippen molar-refractivity contribution in [3.8, 4) is 0 Å². The first kappa shape index (κ1) is 24.2. The van der Waals surface area contributed by atoms with Gasteiger partial charge in [-0.2, -0.15) is 0 Å². The van der Waals surface area contributed by atoms with Gasteiger partial charge in [0.1, 0.15) is 12.3 Å². The number of ketones is 2. The highest BCUT2D eigenvalue weighted by molar-refractivity contribution is 5.92. The average molecular weight is 370 g/mol. The number of carbonyl (C=O) groups is 4. The third kappa shape index (κ3) is 9.62. The summed E-state index contributed by atoms with van der Waals surface area (Å²) in [5.41, 5.74) is 10.3. The first-order valence-electron chi connectivity index (χ1n) is 8.80. The molecule has 0 unspecified atom stereocenters. The van der Waals surface area contributed by atoms with Gasteiger partial charge in [-0.1, -0.05) is 34.6 Å². The molecular weight excluding hydrogens is 336 g/mol. The Morgan fingerprint density at radius 3 is 1.85 bits per heavy atom. The highest BCUT2D eigenvalue weighted by Crippen LogP contribution is 2.25. The molecule has 0 heterocycles. The van der Waals surface area contributed by atoms with Gasteiger partial charge in [-0.3, -0.25) is 19.2 Å². The van der Waals surface area contributed by atoms with Crippen molar-refractivity contribution < 1.29 is 19.2 Å². The maximum Gasteiger partial charge on any atom is 0.222 e. The van der Waals surface area contributed by atoms with Crippen LogP contribution in [0, 0.1) is 10.8 Å². The molecule has 0 saturated carbocycles. The summed E-state index contributed by atoms with van der Waals surface area (Å²) in [6, 6.07) is 0. The van der Waals surface area contributed by atoms with Crippen LogP contribution in [0.15, 0.2) is 0 Å². The Hall–Kier alpha value is -1.80. The van der Waals surface area contributed by atoms with E-state index in [0.29, 0.717) is 12.8 Å². The zero-order chi connectivity index (χ0) is 20.7. The van der Waals surface area contributed by atoms with Gasteiger partial charge in [0.2, 0.25) is 11.8 Å². The number of amides is 2. The number of carbonyl (C=O) groups excluding carboxylic acids is 4. The highest BCUT2D eigenvalue weighted by Gasteiger charge is 2.33. The molecule has 0 radical (unpaired) electrons. The molecule has 150 valence electrons. The van der Waals surface area contributed by atoms with Crippen LogP contribution in [0.5, 0.6) is 0 Å². The van der Waals surface area contributed by atoms with E-state index in [4.69, 9.17) is 11.5 Å². The normalized spacial score (nSPS) is 14.3. The molecule has 0 spiro atoms. The molecule has 0 aliphatic heterocycles. The first-order chi connectivity index (χ1) is 11.7. The van der Waals surface area contributed by atoms with E-state index in [1.807, 2.05) is 20.8 Å². The zero-order valence-corrected chi connectivity index (χ0v) is 16.8. The fraction of sp³-hybridized carbons (Fsp3) is 0.778. The Bertz CT molecular complexity index is 538. The second kappa shape index (κ2) is 9.78. The van der Waals surface area contributed by atoms with Crippen molar-refractivity contribution in [3.05, 3.63) is 0 Å². The number of nitrogens with two attached hydrogens (primary N) is 2. The molecule has 0 aromatic carbocycles. The van der Waals surface area contributed by atoms with Crippen molar-refractivity contribution in [2.75, 3.05) is 0 Å². The van der Waals surface area contributed by atoms with Gasteiger partial charge in [0, 0.05) is 18.3 Å². The van der Waals surface area contributed by atoms with Gasteiger partial charge < -0.3 is 22.1 Å². The minimum absolute atomic E-state index is 0.142. The van der Waals surface area contributed by atoms with E-state index < -0.39 is 17.7 Å².